The van der Waals surface area contributed by atoms with Crippen LogP contribution in [0, 0.1) is 0 Å². The molecule has 3 nitrogen and oxygen atoms in total. The van der Waals surface area contributed by atoms with Crippen LogP contribution in [-0.4, -0.2) is 10.1 Å². The average Bonchev–Trinajstić information content (AvgIpc) is 2.39. The molecule has 0 saturated carbocycles. The van der Waals surface area contributed by atoms with Gasteiger partial charge >= 0.3 is 0 Å². The first-order chi connectivity index (χ1) is 8.58. The Morgan fingerprint density at radius 3 is 2.44 bits per heavy atom. The molecule has 18 heavy (non-hydrogen) atoms. The smallest absolute Gasteiger partial charge is 0.133 e. The lowest BCUT2D eigenvalue weighted by molar-refractivity contribution is 0.398. The van der Waals surface area contributed by atoms with Crippen molar-refractivity contribution < 1.29 is 5.11 Å². The Morgan fingerprint density at radius 2 is 1.83 bits per heavy atom. The van der Waals surface area contributed by atoms with Crippen molar-refractivity contribution in [1.82, 2.24) is 10.3 Å². The van der Waals surface area contributed by atoms with Crippen LogP contribution in [0.5, 0.6) is 5.75 Å². The SMILES string of the molecule is CC(C)(NCc1ccc(O)cn1)c1ccccc1. The molecule has 1 heterocycles. The lowest BCUT2D eigenvalue weighted by atomic mass is 9.94. The fraction of sp³-hybridized carbons (Fsp3) is 0.267. The van der Waals surface area contributed by atoms with Crippen LogP contribution in [0.15, 0.2) is 48.7 Å². The quantitative estimate of drug-likeness (QED) is 0.866. The molecule has 0 unspecified atom stereocenters. The summed E-state index contributed by atoms with van der Waals surface area (Å²) >= 11 is 0. The highest BCUT2D eigenvalue weighted by Crippen LogP contribution is 2.20. The second-order valence-electron chi connectivity index (χ2n) is 4.85. The number of pyridine rings is 1. The van der Waals surface area contributed by atoms with E-state index in [1.54, 1.807) is 6.07 Å². The molecule has 0 amide bonds. The summed E-state index contributed by atoms with van der Waals surface area (Å²) in [6, 6.07) is 13.8. The van der Waals surface area contributed by atoms with E-state index in [-0.39, 0.29) is 11.3 Å². The third kappa shape index (κ3) is 3.08. The summed E-state index contributed by atoms with van der Waals surface area (Å²) in [4.78, 5) is 4.16. The summed E-state index contributed by atoms with van der Waals surface area (Å²) in [7, 11) is 0. The fourth-order valence-electron chi connectivity index (χ4n) is 1.79. The van der Waals surface area contributed by atoms with Crippen LogP contribution in [-0.2, 0) is 12.1 Å². The number of rotatable bonds is 4. The number of nitrogens with one attached hydrogen (secondary N) is 1. The molecule has 1 aromatic carbocycles. The Hall–Kier alpha value is -1.87. The van der Waals surface area contributed by atoms with Gasteiger partial charge in [0, 0.05) is 12.1 Å². The van der Waals surface area contributed by atoms with E-state index in [0.717, 1.165) is 5.69 Å². The van der Waals surface area contributed by atoms with Crippen LogP contribution in [0.1, 0.15) is 25.1 Å². The van der Waals surface area contributed by atoms with Gasteiger partial charge in [0.05, 0.1) is 11.9 Å². The molecule has 0 spiro atoms. The minimum Gasteiger partial charge on any atom is -0.506 e. The molecule has 0 radical (unpaired) electrons. The molecule has 1 aromatic heterocycles. The zero-order valence-corrected chi connectivity index (χ0v) is 10.7. The summed E-state index contributed by atoms with van der Waals surface area (Å²) in [6.45, 7) is 4.95. The van der Waals surface area contributed by atoms with E-state index >= 15 is 0 Å². The number of aromatic nitrogens is 1. The predicted octanol–water partition coefficient (Wildman–Crippen LogP) is 2.81. The monoisotopic (exact) mass is 242 g/mol. The molecule has 2 rings (SSSR count). The minimum absolute atomic E-state index is 0.110. The van der Waals surface area contributed by atoms with Crippen LogP contribution in [0.3, 0.4) is 0 Å². The predicted molar refractivity (Wildman–Crippen MR) is 72.2 cm³/mol. The van der Waals surface area contributed by atoms with Gasteiger partial charge in [-0.2, -0.15) is 0 Å². The van der Waals surface area contributed by atoms with Gasteiger partial charge in [-0.25, -0.2) is 0 Å². The zero-order chi connectivity index (χ0) is 13.0. The van der Waals surface area contributed by atoms with E-state index in [4.69, 9.17) is 0 Å². The highest BCUT2D eigenvalue weighted by Gasteiger charge is 2.19. The molecular formula is C15H18N2O. The number of benzene rings is 1. The molecule has 0 aliphatic carbocycles. The minimum atomic E-state index is -0.110. The van der Waals surface area contributed by atoms with Gasteiger partial charge in [0.15, 0.2) is 0 Å². The Balaban J connectivity index is 2.03. The average molecular weight is 242 g/mol. The second kappa shape index (κ2) is 5.19. The van der Waals surface area contributed by atoms with Crippen LogP contribution in [0.4, 0.5) is 0 Å². The third-order valence-corrected chi connectivity index (χ3v) is 3.02. The summed E-state index contributed by atoms with van der Waals surface area (Å²) in [5, 5.41) is 12.6. The van der Waals surface area contributed by atoms with Crippen LogP contribution in [0.2, 0.25) is 0 Å². The van der Waals surface area contributed by atoms with Crippen LogP contribution < -0.4 is 5.32 Å². The first-order valence-electron chi connectivity index (χ1n) is 6.02. The van der Waals surface area contributed by atoms with Crippen molar-refractivity contribution in [1.29, 1.82) is 0 Å². The van der Waals surface area contributed by atoms with Gasteiger partial charge in [0.25, 0.3) is 0 Å². The number of aromatic hydroxyl groups is 1. The lowest BCUT2D eigenvalue weighted by Crippen LogP contribution is -2.36. The molecule has 0 aliphatic rings. The molecular weight excluding hydrogens is 224 g/mol. The normalized spacial score (nSPS) is 11.4. The van der Waals surface area contributed by atoms with E-state index < -0.39 is 0 Å². The second-order valence-corrected chi connectivity index (χ2v) is 4.85. The molecule has 0 fully saturated rings. The highest BCUT2D eigenvalue weighted by atomic mass is 16.3. The van der Waals surface area contributed by atoms with Gasteiger partial charge in [0.1, 0.15) is 5.75 Å². The molecule has 0 aliphatic heterocycles. The van der Waals surface area contributed by atoms with Gasteiger partial charge < -0.3 is 10.4 Å². The van der Waals surface area contributed by atoms with Crippen molar-refractivity contribution in [2.24, 2.45) is 0 Å². The van der Waals surface area contributed by atoms with Gasteiger partial charge in [-0.1, -0.05) is 30.3 Å². The molecule has 0 atom stereocenters. The first-order valence-corrected chi connectivity index (χ1v) is 6.02. The molecule has 3 heteroatoms. The maximum absolute atomic E-state index is 9.18. The van der Waals surface area contributed by atoms with E-state index in [2.05, 4.69) is 36.3 Å². The first kappa shape index (κ1) is 12.6. The van der Waals surface area contributed by atoms with Gasteiger partial charge in [-0.3, -0.25) is 4.98 Å². The number of hydrogen-bond acceptors (Lipinski definition) is 3. The van der Waals surface area contributed by atoms with Crippen LogP contribution >= 0.6 is 0 Å². The van der Waals surface area contributed by atoms with Crippen molar-refractivity contribution >= 4 is 0 Å². The van der Waals surface area contributed by atoms with E-state index in [0.29, 0.717) is 6.54 Å². The van der Waals surface area contributed by atoms with Crippen molar-refractivity contribution in [3.8, 4) is 5.75 Å². The third-order valence-electron chi connectivity index (χ3n) is 3.02. The molecule has 0 saturated heterocycles. The summed E-state index contributed by atoms with van der Waals surface area (Å²) in [6.07, 6.45) is 1.46. The summed E-state index contributed by atoms with van der Waals surface area (Å²) in [5.41, 5.74) is 2.04. The van der Waals surface area contributed by atoms with E-state index in [9.17, 15) is 5.11 Å². The fourth-order valence-corrected chi connectivity index (χ4v) is 1.79. The molecule has 2 aromatic rings. The highest BCUT2D eigenvalue weighted by molar-refractivity contribution is 5.23. The van der Waals surface area contributed by atoms with E-state index in [1.807, 2.05) is 24.3 Å². The standard InChI is InChI=1S/C15H18N2O/c1-15(2,12-6-4-3-5-7-12)17-10-13-8-9-14(18)11-16-13/h3-9,11,17-18H,10H2,1-2H3. The van der Waals surface area contributed by atoms with Crippen molar-refractivity contribution in [2.45, 2.75) is 25.9 Å². The van der Waals surface area contributed by atoms with E-state index in [1.165, 1.54) is 11.8 Å². The van der Waals surface area contributed by atoms with Gasteiger partial charge in [-0.05, 0) is 31.5 Å². The topological polar surface area (TPSA) is 45.1 Å². The number of hydrogen-bond donors (Lipinski definition) is 2. The van der Waals surface area contributed by atoms with Gasteiger partial charge in [0.2, 0.25) is 0 Å². The Morgan fingerprint density at radius 1 is 1.11 bits per heavy atom. The Kier molecular flexibility index (Phi) is 3.63. The zero-order valence-electron chi connectivity index (χ0n) is 10.7. The summed E-state index contributed by atoms with van der Waals surface area (Å²) in [5.74, 6) is 0.195. The Labute approximate surface area is 108 Å². The van der Waals surface area contributed by atoms with Crippen molar-refractivity contribution in [2.75, 3.05) is 0 Å². The molecule has 2 N–H and O–H groups in total. The van der Waals surface area contributed by atoms with Crippen molar-refractivity contribution in [3.63, 3.8) is 0 Å². The summed E-state index contributed by atoms with van der Waals surface area (Å²) < 4.78 is 0. The molecule has 94 valence electrons. The maximum atomic E-state index is 9.18. The lowest BCUT2D eigenvalue weighted by Gasteiger charge is -2.27. The van der Waals surface area contributed by atoms with Crippen molar-refractivity contribution in [3.05, 3.63) is 59.9 Å². The maximum Gasteiger partial charge on any atom is 0.133 e. The van der Waals surface area contributed by atoms with Gasteiger partial charge in [-0.15, -0.1) is 0 Å². The largest absolute Gasteiger partial charge is 0.506 e. The van der Waals surface area contributed by atoms with Crippen LogP contribution in [0.25, 0.3) is 0 Å². The Bertz CT molecular complexity index is 492. The molecule has 0 bridgehead atoms. The number of nitrogens with zero attached hydrogens (tertiary/aromatic N) is 1.